The van der Waals surface area contributed by atoms with Crippen LogP contribution in [-0.2, 0) is 14.3 Å². The van der Waals surface area contributed by atoms with Gasteiger partial charge in [-0.1, -0.05) is 55.5 Å². The molecule has 0 heterocycles. The van der Waals surface area contributed by atoms with Crippen molar-refractivity contribution < 1.29 is 24.2 Å². The fourth-order valence-corrected chi connectivity index (χ4v) is 5.93. The molecule has 2 fully saturated rings. The fraction of sp³-hybridized carbons (Fsp3) is 0.444. The summed E-state index contributed by atoms with van der Waals surface area (Å²) < 4.78 is 5.65. The number of benzene rings is 2. The van der Waals surface area contributed by atoms with Gasteiger partial charge in [0.1, 0.15) is 6.61 Å². The molecule has 3 aliphatic rings. The number of carboxylic acids is 1. The summed E-state index contributed by atoms with van der Waals surface area (Å²) in [6, 6.07) is 15.9. The molecule has 0 saturated heterocycles. The summed E-state index contributed by atoms with van der Waals surface area (Å²) in [5.41, 5.74) is 4.23. The summed E-state index contributed by atoms with van der Waals surface area (Å²) in [4.78, 5) is 36.5. The van der Waals surface area contributed by atoms with Gasteiger partial charge in [-0.25, -0.2) is 4.79 Å². The van der Waals surface area contributed by atoms with Crippen LogP contribution in [0.15, 0.2) is 48.5 Å². The summed E-state index contributed by atoms with van der Waals surface area (Å²) in [5, 5.41) is 14.9. The lowest BCUT2D eigenvalue weighted by atomic mass is 9.98. The smallest absolute Gasteiger partial charge is 0.407 e. The van der Waals surface area contributed by atoms with Gasteiger partial charge in [0.15, 0.2) is 0 Å². The summed E-state index contributed by atoms with van der Waals surface area (Å²) in [6.07, 6.45) is 2.14. The highest BCUT2D eigenvalue weighted by molar-refractivity contribution is 5.87. The number of carboxylic acid groups (broad SMARTS) is 1. The third-order valence-electron chi connectivity index (χ3n) is 7.78. The molecule has 34 heavy (non-hydrogen) atoms. The summed E-state index contributed by atoms with van der Waals surface area (Å²) in [7, 11) is 0. The molecular weight excluding hydrogens is 432 g/mol. The average molecular weight is 463 g/mol. The Morgan fingerprint density at radius 1 is 1.06 bits per heavy atom. The van der Waals surface area contributed by atoms with Crippen molar-refractivity contribution in [2.75, 3.05) is 6.61 Å². The molecule has 178 valence electrons. The van der Waals surface area contributed by atoms with E-state index < -0.39 is 17.5 Å². The molecule has 2 amide bonds. The summed E-state index contributed by atoms with van der Waals surface area (Å²) in [6.45, 7) is 2.13. The molecule has 5 rings (SSSR count). The van der Waals surface area contributed by atoms with Crippen LogP contribution < -0.4 is 10.6 Å². The van der Waals surface area contributed by atoms with E-state index >= 15 is 0 Å². The lowest BCUT2D eigenvalue weighted by molar-refractivity contribution is -0.138. The highest BCUT2D eigenvalue weighted by atomic mass is 16.5. The Morgan fingerprint density at radius 2 is 1.71 bits per heavy atom. The van der Waals surface area contributed by atoms with Crippen LogP contribution in [-0.4, -0.2) is 41.8 Å². The monoisotopic (exact) mass is 462 g/mol. The van der Waals surface area contributed by atoms with Gasteiger partial charge in [0.05, 0.1) is 11.8 Å². The van der Waals surface area contributed by atoms with Gasteiger partial charge in [-0.3, -0.25) is 9.59 Å². The molecule has 3 aliphatic carbocycles. The van der Waals surface area contributed by atoms with E-state index in [9.17, 15) is 14.4 Å². The fourth-order valence-electron chi connectivity index (χ4n) is 5.93. The summed E-state index contributed by atoms with van der Waals surface area (Å²) >= 11 is 0. The number of ether oxygens (including phenoxy) is 1. The van der Waals surface area contributed by atoms with E-state index in [-0.39, 0.29) is 42.9 Å². The van der Waals surface area contributed by atoms with Crippen molar-refractivity contribution >= 4 is 18.0 Å². The predicted molar refractivity (Wildman–Crippen MR) is 126 cm³/mol. The maximum absolute atomic E-state index is 12.9. The Balaban J connectivity index is 1.16. The normalized spacial score (nSPS) is 25.0. The van der Waals surface area contributed by atoms with Gasteiger partial charge in [-0.2, -0.15) is 0 Å². The van der Waals surface area contributed by atoms with Crippen LogP contribution in [0.3, 0.4) is 0 Å². The van der Waals surface area contributed by atoms with Crippen LogP contribution in [0.5, 0.6) is 0 Å². The molecule has 7 nitrogen and oxygen atoms in total. The van der Waals surface area contributed by atoms with E-state index in [2.05, 4.69) is 34.9 Å². The number of carbonyl (C=O) groups excluding carboxylic acids is 2. The van der Waals surface area contributed by atoms with E-state index in [1.807, 2.05) is 31.2 Å². The standard InChI is InChI=1S/C27H30N2O5/c1-2-17(12-24(30)31)28-25(32)27-13-16(27)11-18(14-27)29-26(33)34-15-23-21-9-5-3-7-19(21)20-8-4-6-10-22(20)23/h3-10,16-18,23H,2,11-15H2,1H3,(H,28,32)(H,29,33)(H,30,31)/t16-,17?,18+,27+/m1/s1. The maximum Gasteiger partial charge on any atom is 0.407 e. The molecule has 1 unspecified atom stereocenters. The predicted octanol–water partition coefficient (Wildman–Crippen LogP) is 4.06. The SMILES string of the molecule is CCC(CC(=O)O)NC(=O)[C@@]12C[C@@H](NC(=O)OCC3c4ccccc4-c4ccccc43)C[C@@H]1C2. The number of rotatable bonds is 8. The first-order valence-corrected chi connectivity index (χ1v) is 12.1. The number of alkyl carbamates (subject to hydrolysis) is 1. The topological polar surface area (TPSA) is 105 Å². The van der Waals surface area contributed by atoms with E-state index in [1.54, 1.807) is 0 Å². The Hall–Kier alpha value is -3.35. The first-order valence-electron chi connectivity index (χ1n) is 12.1. The molecule has 0 aliphatic heterocycles. The Kier molecular flexibility index (Phi) is 5.80. The minimum absolute atomic E-state index is 0.00691. The second-order valence-corrected chi connectivity index (χ2v) is 9.84. The van der Waals surface area contributed by atoms with Crippen molar-refractivity contribution in [3.8, 4) is 11.1 Å². The Morgan fingerprint density at radius 3 is 2.32 bits per heavy atom. The van der Waals surface area contributed by atoms with Crippen LogP contribution in [0, 0.1) is 11.3 Å². The van der Waals surface area contributed by atoms with Crippen LogP contribution in [0.1, 0.15) is 56.1 Å². The molecule has 2 saturated carbocycles. The zero-order valence-electron chi connectivity index (χ0n) is 19.3. The molecule has 2 aromatic rings. The van der Waals surface area contributed by atoms with Crippen LogP contribution >= 0.6 is 0 Å². The second-order valence-electron chi connectivity index (χ2n) is 9.84. The van der Waals surface area contributed by atoms with Gasteiger partial charge >= 0.3 is 12.1 Å². The number of carbonyl (C=O) groups is 3. The second kappa shape index (κ2) is 8.78. The largest absolute Gasteiger partial charge is 0.481 e. The van der Waals surface area contributed by atoms with Gasteiger partial charge in [0.2, 0.25) is 5.91 Å². The highest BCUT2D eigenvalue weighted by Crippen LogP contribution is 2.63. The number of fused-ring (bicyclic) bond motifs is 4. The van der Waals surface area contributed by atoms with E-state index in [1.165, 1.54) is 22.3 Å². The van der Waals surface area contributed by atoms with Crippen LogP contribution in [0.4, 0.5) is 4.79 Å². The van der Waals surface area contributed by atoms with Gasteiger partial charge < -0.3 is 20.5 Å². The first-order chi connectivity index (χ1) is 16.4. The van der Waals surface area contributed by atoms with Crippen molar-refractivity contribution in [3.05, 3.63) is 59.7 Å². The molecular formula is C27H30N2O5. The minimum Gasteiger partial charge on any atom is -0.481 e. The Labute approximate surface area is 198 Å². The van der Waals surface area contributed by atoms with Gasteiger partial charge in [-0.05, 0) is 53.9 Å². The van der Waals surface area contributed by atoms with E-state index in [0.717, 1.165) is 12.8 Å². The number of aliphatic carboxylic acids is 1. The molecule has 4 atom stereocenters. The van der Waals surface area contributed by atoms with Gasteiger partial charge in [0, 0.05) is 18.0 Å². The third-order valence-corrected chi connectivity index (χ3v) is 7.78. The molecule has 0 bridgehead atoms. The van der Waals surface area contributed by atoms with Crippen molar-refractivity contribution in [1.82, 2.24) is 10.6 Å². The van der Waals surface area contributed by atoms with E-state index in [0.29, 0.717) is 12.8 Å². The van der Waals surface area contributed by atoms with Crippen molar-refractivity contribution in [2.24, 2.45) is 11.3 Å². The number of hydrogen-bond acceptors (Lipinski definition) is 4. The molecule has 2 aromatic carbocycles. The average Bonchev–Trinajstić information content (AvgIpc) is 3.25. The Bertz CT molecular complexity index is 1090. The lowest BCUT2D eigenvalue weighted by Crippen LogP contribution is -2.42. The summed E-state index contributed by atoms with van der Waals surface area (Å²) in [5.74, 6) is -0.762. The van der Waals surface area contributed by atoms with Crippen LogP contribution in [0.2, 0.25) is 0 Å². The quantitative estimate of drug-likeness (QED) is 0.549. The molecule has 0 spiro atoms. The van der Waals surface area contributed by atoms with Crippen molar-refractivity contribution in [3.63, 3.8) is 0 Å². The highest BCUT2D eigenvalue weighted by Gasteiger charge is 2.65. The molecule has 0 aromatic heterocycles. The third kappa shape index (κ3) is 4.04. The number of amides is 2. The van der Waals surface area contributed by atoms with Crippen LogP contribution in [0.25, 0.3) is 11.1 Å². The van der Waals surface area contributed by atoms with Crippen molar-refractivity contribution in [1.29, 1.82) is 0 Å². The lowest BCUT2D eigenvalue weighted by Gasteiger charge is -2.21. The zero-order valence-corrected chi connectivity index (χ0v) is 19.3. The molecule has 7 heteroatoms. The maximum atomic E-state index is 12.9. The van der Waals surface area contributed by atoms with Gasteiger partial charge in [-0.15, -0.1) is 0 Å². The molecule has 3 N–H and O–H groups in total. The zero-order chi connectivity index (χ0) is 23.9. The van der Waals surface area contributed by atoms with Crippen molar-refractivity contribution in [2.45, 2.75) is 57.0 Å². The molecule has 0 radical (unpaired) electrons. The first kappa shape index (κ1) is 22.4. The minimum atomic E-state index is -0.918. The number of hydrogen-bond donors (Lipinski definition) is 3. The van der Waals surface area contributed by atoms with Gasteiger partial charge in [0.25, 0.3) is 0 Å². The van der Waals surface area contributed by atoms with E-state index in [4.69, 9.17) is 9.84 Å². The number of nitrogens with one attached hydrogen (secondary N) is 2.